The quantitative estimate of drug-likeness (QED) is 0.240. The number of hydrogen-bond donors (Lipinski definition) is 3. The molecule has 0 atom stereocenters. The van der Waals surface area contributed by atoms with Crippen molar-refractivity contribution >= 4 is 35.8 Å². The Hall–Kier alpha value is -1.65. The van der Waals surface area contributed by atoms with Gasteiger partial charge in [0.1, 0.15) is 12.4 Å². The van der Waals surface area contributed by atoms with Gasteiger partial charge >= 0.3 is 0 Å². The number of benzene rings is 1. The van der Waals surface area contributed by atoms with Crippen LogP contribution in [0.2, 0.25) is 0 Å². The highest BCUT2D eigenvalue weighted by Crippen LogP contribution is 2.17. The molecule has 0 radical (unpaired) electrons. The second-order valence-corrected chi connectivity index (χ2v) is 6.35. The fourth-order valence-corrected chi connectivity index (χ4v) is 1.77. The SMILES string of the molecule is CN=C(NCCNC(=O)C(C)(C)C)NCCOc1ccc(F)cc1F.I. The highest BCUT2D eigenvalue weighted by atomic mass is 127. The number of carbonyl (C=O) groups is 1. The summed E-state index contributed by atoms with van der Waals surface area (Å²) in [5.41, 5.74) is -0.424. The number of rotatable bonds is 7. The van der Waals surface area contributed by atoms with Crippen LogP contribution in [0.1, 0.15) is 20.8 Å². The second-order valence-electron chi connectivity index (χ2n) is 6.35. The van der Waals surface area contributed by atoms with Gasteiger partial charge in [-0.2, -0.15) is 0 Å². The van der Waals surface area contributed by atoms with Gasteiger partial charge in [-0.05, 0) is 12.1 Å². The number of halogens is 3. The zero-order valence-electron chi connectivity index (χ0n) is 15.5. The van der Waals surface area contributed by atoms with Crippen molar-refractivity contribution in [3.05, 3.63) is 29.8 Å². The van der Waals surface area contributed by atoms with Gasteiger partial charge in [-0.25, -0.2) is 8.78 Å². The van der Waals surface area contributed by atoms with Gasteiger partial charge in [-0.1, -0.05) is 20.8 Å². The molecule has 1 aromatic carbocycles. The fraction of sp³-hybridized carbons (Fsp3) is 0.529. The molecule has 0 fully saturated rings. The van der Waals surface area contributed by atoms with Crippen molar-refractivity contribution in [2.24, 2.45) is 10.4 Å². The van der Waals surface area contributed by atoms with E-state index >= 15 is 0 Å². The number of amides is 1. The third kappa shape index (κ3) is 9.16. The molecule has 0 aromatic heterocycles. The van der Waals surface area contributed by atoms with E-state index in [-0.39, 0.29) is 42.2 Å². The highest BCUT2D eigenvalue weighted by Gasteiger charge is 2.20. The monoisotopic (exact) mass is 484 g/mol. The van der Waals surface area contributed by atoms with Crippen molar-refractivity contribution in [3.8, 4) is 5.75 Å². The molecular formula is C17H27F2IN4O2. The minimum absolute atomic E-state index is 0. The molecule has 1 amide bonds. The lowest BCUT2D eigenvalue weighted by atomic mass is 9.96. The van der Waals surface area contributed by atoms with Gasteiger partial charge in [0.25, 0.3) is 0 Å². The van der Waals surface area contributed by atoms with E-state index in [4.69, 9.17) is 4.74 Å². The molecule has 0 spiro atoms. The molecule has 0 saturated carbocycles. The molecule has 3 N–H and O–H groups in total. The topological polar surface area (TPSA) is 74.8 Å². The van der Waals surface area contributed by atoms with E-state index in [2.05, 4.69) is 20.9 Å². The van der Waals surface area contributed by atoms with Crippen molar-refractivity contribution in [1.82, 2.24) is 16.0 Å². The molecule has 0 unspecified atom stereocenters. The molecule has 0 aliphatic rings. The maximum atomic E-state index is 13.4. The average Bonchev–Trinajstić information content (AvgIpc) is 2.53. The van der Waals surface area contributed by atoms with Crippen LogP contribution in [0.25, 0.3) is 0 Å². The van der Waals surface area contributed by atoms with Crippen molar-refractivity contribution in [2.45, 2.75) is 20.8 Å². The number of hydrogen-bond acceptors (Lipinski definition) is 3. The van der Waals surface area contributed by atoms with E-state index in [1.54, 1.807) is 7.05 Å². The minimum atomic E-state index is -0.739. The Balaban J connectivity index is 0.00000625. The smallest absolute Gasteiger partial charge is 0.225 e. The van der Waals surface area contributed by atoms with Gasteiger partial charge in [0, 0.05) is 31.6 Å². The largest absolute Gasteiger partial charge is 0.489 e. The molecule has 0 aliphatic carbocycles. The Morgan fingerprint density at radius 2 is 1.73 bits per heavy atom. The van der Waals surface area contributed by atoms with E-state index in [1.165, 1.54) is 6.07 Å². The molecular weight excluding hydrogens is 457 g/mol. The average molecular weight is 484 g/mol. The molecule has 1 rings (SSSR count). The van der Waals surface area contributed by atoms with Crippen LogP contribution in [0.4, 0.5) is 8.78 Å². The summed E-state index contributed by atoms with van der Waals surface area (Å²) in [5.74, 6) is -0.876. The first-order valence-electron chi connectivity index (χ1n) is 8.04. The van der Waals surface area contributed by atoms with Crippen molar-refractivity contribution in [2.75, 3.05) is 33.3 Å². The number of carbonyl (C=O) groups excluding carboxylic acids is 1. The summed E-state index contributed by atoms with van der Waals surface area (Å²) in [6.45, 7) is 7.08. The first-order valence-corrected chi connectivity index (χ1v) is 8.04. The maximum Gasteiger partial charge on any atom is 0.225 e. The number of guanidine groups is 1. The summed E-state index contributed by atoms with van der Waals surface area (Å²) in [4.78, 5) is 15.7. The van der Waals surface area contributed by atoms with Crippen LogP contribution in [0.15, 0.2) is 23.2 Å². The summed E-state index contributed by atoms with van der Waals surface area (Å²) in [7, 11) is 1.61. The zero-order valence-corrected chi connectivity index (χ0v) is 17.8. The predicted octanol–water partition coefficient (Wildman–Crippen LogP) is 2.29. The molecule has 9 heteroatoms. The first-order chi connectivity index (χ1) is 11.7. The molecule has 0 saturated heterocycles. The molecule has 0 bridgehead atoms. The van der Waals surface area contributed by atoms with Crippen LogP contribution in [-0.2, 0) is 4.79 Å². The van der Waals surface area contributed by atoms with E-state index in [1.807, 2.05) is 20.8 Å². The van der Waals surface area contributed by atoms with Crippen LogP contribution < -0.4 is 20.7 Å². The molecule has 0 aliphatic heterocycles. The van der Waals surface area contributed by atoms with E-state index in [0.717, 1.165) is 12.1 Å². The Morgan fingerprint density at radius 3 is 2.31 bits per heavy atom. The molecule has 1 aromatic rings. The lowest BCUT2D eigenvalue weighted by Gasteiger charge is -2.18. The molecule has 6 nitrogen and oxygen atoms in total. The predicted molar refractivity (Wildman–Crippen MR) is 109 cm³/mol. The number of nitrogens with one attached hydrogen (secondary N) is 3. The van der Waals surface area contributed by atoms with Crippen LogP contribution in [0.3, 0.4) is 0 Å². The maximum absolute atomic E-state index is 13.4. The lowest BCUT2D eigenvalue weighted by molar-refractivity contribution is -0.128. The van der Waals surface area contributed by atoms with E-state index in [9.17, 15) is 13.6 Å². The summed E-state index contributed by atoms with van der Waals surface area (Å²) in [6, 6.07) is 3.16. The van der Waals surface area contributed by atoms with Gasteiger partial charge < -0.3 is 20.7 Å². The third-order valence-corrected chi connectivity index (χ3v) is 3.15. The van der Waals surface area contributed by atoms with Crippen molar-refractivity contribution in [3.63, 3.8) is 0 Å². The number of nitrogens with zero attached hydrogens (tertiary/aromatic N) is 1. The Labute approximate surface area is 170 Å². The van der Waals surface area contributed by atoms with Crippen molar-refractivity contribution < 1.29 is 18.3 Å². The summed E-state index contributed by atoms with van der Waals surface area (Å²) < 4.78 is 31.4. The normalized spacial score (nSPS) is 11.4. The second kappa shape index (κ2) is 11.9. The summed E-state index contributed by atoms with van der Waals surface area (Å²) >= 11 is 0. The van der Waals surface area contributed by atoms with E-state index < -0.39 is 17.0 Å². The highest BCUT2D eigenvalue weighted by molar-refractivity contribution is 14.0. The van der Waals surface area contributed by atoms with E-state index in [0.29, 0.717) is 25.6 Å². The standard InChI is InChI=1S/C17H26F2N4O2.HI/c1-17(2,3)15(24)21-7-8-22-16(20-4)23-9-10-25-14-6-5-12(18)11-13(14)19;/h5-6,11H,7-10H2,1-4H3,(H,21,24)(H2,20,22,23);1H. The minimum Gasteiger partial charge on any atom is -0.489 e. The summed E-state index contributed by atoms with van der Waals surface area (Å²) in [5, 5.41) is 8.85. The Bertz CT molecular complexity index is 607. The van der Waals surface area contributed by atoms with Gasteiger partial charge in [0.15, 0.2) is 17.5 Å². The number of ether oxygens (including phenoxy) is 1. The molecule has 0 heterocycles. The fourth-order valence-electron chi connectivity index (χ4n) is 1.77. The van der Waals surface area contributed by atoms with Gasteiger partial charge in [0.2, 0.25) is 5.91 Å². The Kier molecular flexibility index (Phi) is 11.1. The number of aliphatic imine (C=N–C) groups is 1. The van der Waals surface area contributed by atoms with Crippen LogP contribution in [0, 0.1) is 17.0 Å². The lowest BCUT2D eigenvalue weighted by Crippen LogP contribution is -2.44. The van der Waals surface area contributed by atoms with Crippen LogP contribution in [-0.4, -0.2) is 45.2 Å². The summed E-state index contributed by atoms with van der Waals surface area (Å²) in [6.07, 6.45) is 0. The molecule has 26 heavy (non-hydrogen) atoms. The first kappa shape index (κ1) is 24.4. The van der Waals surface area contributed by atoms with Crippen LogP contribution in [0.5, 0.6) is 5.75 Å². The van der Waals surface area contributed by atoms with Gasteiger partial charge in [-0.3, -0.25) is 9.79 Å². The van der Waals surface area contributed by atoms with Gasteiger partial charge in [0.05, 0.1) is 6.54 Å². The van der Waals surface area contributed by atoms with Crippen LogP contribution >= 0.6 is 24.0 Å². The third-order valence-electron chi connectivity index (χ3n) is 3.15. The molecule has 148 valence electrons. The van der Waals surface area contributed by atoms with Gasteiger partial charge in [-0.15, -0.1) is 24.0 Å². The zero-order chi connectivity index (χ0) is 18.9. The Morgan fingerprint density at radius 1 is 1.12 bits per heavy atom. The van der Waals surface area contributed by atoms with Crippen molar-refractivity contribution in [1.29, 1.82) is 0 Å².